The molecule has 0 N–H and O–H groups in total. The second-order valence-corrected chi connectivity index (χ2v) is 15.5. The molecule has 8 atom stereocenters. The van der Waals surface area contributed by atoms with Crippen LogP contribution in [-0.4, -0.2) is 12.1 Å². The molecule has 0 aromatic heterocycles. The monoisotopic (exact) mass is 540 g/mol. The molecule has 39 heavy (non-hydrogen) atoms. The standard InChI is InChI=1S/C37H64O2/c1-7-8-9-10-11-12-19-35(38)39-30-22-24-36(5)29(26-30)20-21-31-33-18-14-17-32(28(4)16-13-15-27(2)3)37(33,6)25-23-34(31)36/h20,27-28,30-34H,7-19,21-26H2,1-6H3/t28?,30?,31-,32?,33+,34+,36?,37?/m1/s1. The lowest BCUT2D eigenvalue weighted by Gasteiger charge is -2.62. The zero-order valence-corrected chi connectivity index (χ0v) is 26.9. The lowest BCUT2D eigenvalue weighted by Crippen LogP contribution is -2.54. The predicted octanol–water partition coefficient (Wildman–Crippen LogP) is 11.1. The highest BCUT2D eigenvalue weighted by Gasteiger charge is 2.57. The number of carbonyl (C=O) groups is 1. The molecular formula is C37H64O2. The molecule has 3 saturated carbocycles. The molecule has 0 spiro atoms. The SMILES string of the molecule is CCCCCCCCC(=O)OC1CCC2(C)C(=CC[C@H]3[C@@H]2CCC2(C)C(C(C)CCCC(C)C)CCC[C@@H]32)C1. The van der Waals surface area contributed by atoms with Gasteiger partial charge >= 0.3 is 5.97 Å². The smallest absolute Gasteiger partial charge is 0.306 e. The molecule has 2 nitrogen and oxygen atoms in total. The summed E-state index contributed by atoms with van der Waals surface area (Å²) in [5.74, 6) is 5.30. The van der Waals surface area contributed by atoms with Gasteiger partial charge in [-0.2, -0.15) is 0 Å². The zero-order valence-electron chi connectivity index (χ0n) is 26.9. The fourth-order valence-electron chi connectivity index (χ4n) is 10.2. The van der Waals surface area contributed by atoms with Gasteiger partial charge in [-0.05, 0) is 97.7 Å². The van der Waals surface area contributed by atoms with Crippen LogP contribution in [0.2, 0.25) is 0 Å². The number of ether oxygens (including phenoxy) is 1. The topological polar surface area (TPSA) is 26.3 Å². The number of hydrogen-bond acceptors (Lipinski definition) is 2. The maximum absolute atomic E-state index is 12.6. The highest BCUT2D eigenvalue weighted by atomic mass is 16.5. The van der Waals surface area contributed by atoms with Crippen molar-refractivity contribution in [2.24, 2.45) is 46.3 Å². The van der Waals surface area contributed by atoms with Crippen molar-refractivity contribution < 1.29 is 9.53 Å². The molecule has 0 heterocycles. The van der Waals surface area contributed by atoms with E-state index < -0.39 is 0 Å². The van der Waals surface area contributed by atoms with E-state index in [9.17, 15) is 4.79 Å². The molecule has 224 valence electrons. The summed E-state index contributed by atoms with van der Waals surface area (Å²) in [6, 6.07) is 0. The Labute approximate surface area is 242 Å². The van der Waals surface area contributed by atoms with Crippen LogP contribution in [0, 0.1) is 46.3 Å². The normalized spacial score (nSPS) is 36.9. The van der Waals surface area contributed by atoms with Crippen molar-refractivity contribution in [3.63, 3.8) is 0 Å². The molecule has 0 amide bonds. The Morgan fingerprint density at radius 1 is 0.923 bits per heavy atom. The first-order chi connectivity index (χ1) is 18.7. The minimum absolute atomic E-state index is 0.0533. The van der Waals surface area contributed by atoms with E-state index in [1.54, 1.807) is 5.57 Å². The Kier molecular flexibility index (Phi) is 11.1. The first kappa shape index (κ1) is 31.2. The Morgan fingerprint density at radius 3 is 2.46 bits per heavy atom. The van der Waals surface area contributed by atoms with Crippen LogP contribution in [0.3, 0.4) is 0 Å². The lowest BCUT2D eigenvalue weighted by molar-refractivity contribution is -0.152. The van der Waals surface area contributed by atoms with Gasteiger partial charge in [-0.3, -0.25) is 4.79 Å². The summed E-state index contributed by atoms with van der Waals surface area (Å²) < 4.78 is 6.06. The number of allylic oxidation sites excluding steroid dienone is 1. The van der Waals surface area contributed by atoms with Crippen LogP contribution in [-0.2, 0) is 9.53 Å². The van der Waals surface area contributed by atoms with Gasteiger partial charge in [0.15, 0.2) is 0 Å². The molecule has 4 aliphatic carbocycles. The van der Waals surface area contributed by atoms with E-state index in [0.29, 0.717) is 17.3 Å². The predicted molar refractivity (Wildman–Crippen MR) is 166 cm³/mol. The second-order valence-electron chi connectivity index (χ2n) is 15.5. The van der Waals surface area contributed by atoms with Gasteiger partial charge < -0.3 is 4.74 Å². The number of fused-ring (bicyclic) bond motifs is 5. The summed E-state index contributed by atoms with van der Waals surface area (Å²) >= 11 is 0. The number of hydrogen-bond donors (Lipinski definition) is 0. The Balaban J connectivity index is 1.34. The molecule has 0 aromatic carbocycles. The molecule has 4 aliphatic rings. The van der Waals surface area contributed by atoms with E-state index in [-0.39, 0.29) is 12.1 Å². The Morgan fingerprint density at radius 2 is 1.69 bits per heavy atom. The van der Waals surface area contributed by atoms with Crippen LogP contribution in [0.15, 0.2) is 11.6 Å². The van der Waals surface area contributed by atoms with Gasteiger partial charge in [0.2, 0.25) is 0 Å². The molecule has 0 aromatic rings. The van der Waals surface area contributed by atoms with Crippen molar-refractivity contribution >= 4 is 5.97 Å². The van der Waals surface area contributed by atoms with Gasteiger partial charge in [-0.1, -0.05) is 111 Å². The molecule has 0 aliphatic heterocycles. The van der Waals surface area contributed by atoms with Crippen LogP contribution in [0.1, 0.15) is 164 Å². The van der Waals surface area contributed by atoms with E-state index in [0.717, 1.165) is 54.8 Å². The summed E-state index contributed by atoms with van der Waals surface area (Å²) in [6.07, 6.45) is 26.8. The molecule has 3 fully saturated rings. The summed E-state index contributed by atoms with van der Waals surface area (Å²) in [5.41, 5.74) is 2.52. The van der Waals surface area contributed by atoms with Crippen molar-refractivity contribution in [2.75, 3.05) is 0 Å². The largest absolute Gasteiger partial charge is 0.462 e. The van der Waals surface area contributed by atoms with Gasteiger partial charge in [-0.25, -0.2) is 0 Å². The second kappa shape index (κ2) is 13.9. The minimum atomic E-state index is 0.0533. The molecule has 0 saturated heterocycles. The lowest BCUT2D eigenvalue weighted by atomic mass is 9.42. The molecule has 2 heteroatoms. The van der Waals surface area contributed by atoms with Crippen LogP contribution < -0.4 is 0 Å². The van der Waals surface area contributed by atoms with Gasteiger partial charge in [-0.15, -0.1) is 0 Å². The van der Waals surface area contributed by atoms with Gasteiger partial charge in [0, 0.05) is 12.8 Å². The van der Waals surface area contributed by atoms with E-state index >= 15 is 0 Å². The maximum atomic E-state index is 12.6. The van der Waals surface area contributed by atoms with Crippen molar-refractivity contribution in [3.05, 3.63) is 11.6 Å². The molecule has 5 unspecified atom stereocenters. The summed E-state index contributed by atoms with van der Waals surface area (Å²) in [4.78, 5) is 12.6. The first-order valence-corrected chi connectivity index (χ1v) is 17.6. The van der Waals surface area contributed by atoms with E-state index in [1.165, 1.54) is 96.3 Å². The highest BCUT2D eigenvalue weighted by molar-refractivity contribution is 5.69. The Bertz CT molecular complexity index is 812. The van der Waals surface area contributed by atoms with E-state index in [4.69, 9.17) is 4.74 Å². The first-order valence-electron chi connectivity index (χ1n) is 17.6. The fraction of sp³-hybridized carbons (Fsp3) is 0.919. The van der Waals surface area contributed by atoms with Gasteiger partial charge in [0.1, 0.15) is 6.10 Å². The average Bonchev–Trinajstić information content (AvgIpc) is 2.89. The third-order valence-corrected chi connectivity index (χ3v) is 12.5. The van der Waals surface area contributed by atoms with Crippen LogP contribution in [0.5, 0.6) is 0 Å². The van der Waals surface area contributed by atoms with Crippen molar-refractivity contribution in [3.8, 4) is 0 Å². The van der Waals surface area contributed by atoms with E-state index in [2.05, 4.69) is 47.6 Å². The van der Waals surface area contributed by atoms with Crippen molar-refractivity contribution in [2.45, 2.75) is 170 Å². The van der Waals surface area contributed by atoms with Crippen LogP contribution in [0.4, 0.5) is 0 Å². The third-order valence-electron chi connectivity index (χ3n) is 12.5. The van der Waals surface area contributed by atoms with Crippen molar-refractivity contribution in [1.29, 1.82) is 0 Å². The molecule has 4 rings (SSSR count). The molecular weight excluding hydrogens is 476 g/mol. The minimum Gasteiger partial charge on any atom is -0.462 e. The summed E-state index contributed by atoms with van der Waals surface area (Å²) in [7, 11) is 0. The molecule has 0 radical (unpaired) electrons. The van der Waals surface area contributed by atoms with Crippen molar-refractivity contribution in [1.82, 2.24) is 0 Å². The maximum Gasteiger partial charge on any atom is 0.306 e. The van der Waals surface area contributed by atoms with Crippen LogP contribution >= 0.6 is 0 Å². The van der Waals surface area contributed by atoms with Crippen LogP contribution in [0.25, 0.3) is 0 Å². The fourth-order valence-corrected chi connectivity index (χ4v) is 10.2. The number of unbranched alkanes of at least 4 members (excludes halogenated alkanes) is 5. The number of carbonyl (C=O) groups excluding carboxylic acids is 1. The summed E-state index contributed by atoms with van der Waals surface area (Å²) in [5, 5.41) is 0. The van der Waals surface area contributed by atoms with Gasteiger partial charge in [0.05, 0.1) is 0 Å². The van der Waals surface area contributed by atoms with E-state index in [1.807, 2.05) is 0 Å². The van der Waals surface area contributed by atoms with Gasteiger partial charge in [0.25, 0.3) is 0 Å². The molecule has 0 bridgehead atoms. The third kappa shape index (κ3) is 7.17. The number of esters is 1. The quantitative estimate of drug-likeness (QED) is 0.132. The Hall–Kier alpha value is -0.790. The number of rotatable bonds is 13. The summed E-state index contributed by atoms with van der Waals surface area (Å²) in [6.45, 7) is 14.9. The zero-order chi connectivity index (χ0) is 28.0. The average molecular weight is 541 g/mol. The highest BCUT2D eigenvalue weighted by Crippen LogP contribution is 2.66.